The van der Waals surface area contributed by atoms with E-state index in [1.165, 1.54) is 11.1 Å². The Kier molecular flexibility index (Phi) is 6.22. The average Bonchev–Trinajstić information content (AvgIpc) is 2.74. The molecule has 0 spiro atoms. The van der Waals surface area contributed by atoms with E-state index in [2.05, 4.69) is 47.0 Å². The SMILES string of the molecule is c1ccc2c(c1)CNCc1ccc(cc1)CNCc1ccccc1OCCO2. The van der Waals surface area contributed by atoms with Crippen LogP contribution in [0.25, 0.3) is 0 Å². The number of para-hydroxylation sites is 2. The number of benzene rings is 3. The molecule has 5 rings (SSSR count). The van der Waals surface area contributed by atoms with Gasteiger partial charge in [-0.15, -0.1) is 0 Å². The zero-order valence-corrected chi connectivity index (χ0v) is 16.0. The molecule has 2 heterocycles. The predicted molar refractivity (Wildman–Crippen MR) is 111 cm³/mol. The van der Waals surface area contributed by atoms with Crippen molar-refractivity contribution < 1.29 is 9.47 Å². The fourth-order valence-corrected chi connectivity index (χ4v) is 3.34. The summed E-state index contributed by atoms with van der Waals surface area (Å²) in [5.74, 6) is 1.81. The Morgan fingerprint density at radius 3 is 1.39 bits per heavy atom. The maximum atomic E-state index is 5.99. The highest BCUT2D eigenvalue weighted by Gasteiger charge is 2.06. The van der Waals surface area contributed by atoms with Gasteiger partial charge in [0, 0.05) is 37.3 Å². The molecule has 0 unspecified atom stereocenters. The summed E-state index contributed by atoms with van der Waals surface area (Å²) in [5.41, 5.74) is 4.87. The first-order chi connectivity index (χ1) is 13.9. The van der Waals surface area contributed by atoms with Crippen LogP contribution < -0.4 is 20.1 Å². The molecule has 0 aromatic heterocycles. The van der Waals surface area contributed by atoms with Crippen molar-refractivity contribution in [2.24, 2.45) is 0 Å². The molecular weight excluding hydrogens is 348 g/mol. The number of hydrogen-bond donors (Lipinski definition) is 2. The summed E-state index contributed by atoms with van der Waals surface area (Å²) in [6.45, 7) is 4.22. The Hall–Kier alpha value is -2.82. The lowest BCUT2D eigenvalue weighted by molar-refractivity contribution is 0.214. The van der Waals surface area contributed by atoms with Gasteiger partial charge in [0.05, 0.1) is 0 Å². The number of ether oxygens (including phenoxy) is 2. The van der Waals surface area contributed by atoms with Crippen LogP contribution in [-0.4, -0.2) is 13.2 Å². The van der Waals surface area contributed by atoms with Gasteiger partial charge in [-0.2, -0.15) is 0 Å². The average molecular weight is 374 g/mol. The maximum absolute atomic E-state index is 5.99. The van der Waals surface area contributed by atoms with Crippen molar-refractivity contribution in [1.82, 2.24) is 10.6 Å². The van der Waals surface area contributed by atoms with Crippen LogP contribution in [-0.2, 0) is 26.2 Å². The first-order valence-corrected chi connectivity index (χ1v) is 9.79. The zero-order chi connectivity index (χ0) is 19.0. The molecule has 3 aromatic rings. The lowest BCUT2D eigenvalue weighted by Crippen LogP contribution is -2.17. The van der Waals surface area contributed by atoms with E-state index >= 15 is 0 Å². The Morgan fingerprint density at radius 1 is 0.500 bits per heavy atom. The van der Waals surface area contributed by atoms with Crippen molar-refractivity contribution in [3.05, 3.63) is 95.1 Å². The molecule has 2 N–H and O–H groups in total. The molecule has 0 amide bonds. The standard InChI is InChI=1S/C24H26N2O2/c1-3-7-23-21(5-1)17-25-15-19-9-11-20(12-10-19)16-26-18-22-6-2-4-8-24(22)28-14-13-27-23/h1-12,25-26H,13-18H2. The third-order valence-corrected chi connectivity index (χ3v) is 4.86. The van der Waals surface area contributed by atoms with E-state index in [0.717, 1.165) is 48.8 Å². The monoisotopic (exact) mass is 374 g/mol. The van der Waals surface area contributed by atoms with Crippen molar-refractivity contribution in [3.8, 4) is 11.5 Å². The molecular formula is C24H26N2O2. The van der Waals surface area contributed by atoms with Gasteiger partial charge < -0.3 is 20.1 Å². The van der Waals surface area contributed by atoms with E-state index in [9.17, 15) is 0 Å². The second-order valence-corrected chi connectivity index (χ2v) is 6.94. The van der Waals surface area contributed by atoms with Crippen molar-refractivity contribution in [1.29, 1.82) is 0 Å². The quantitative estimate of drug-likeness (QED) is 0.623. The maximum Gasteiger partial charge on any atom is 0.123 e. The number of hydrogen-bond acceptors (Lipinski definition) is 4. The minimum atomic E-state index is 0.513. The summed E-state index contributed by atoms with van der Waals surface area (Å²) >= 11 is 0. The molecule has 2 aliphatic rings. The first kappa shape index (κ1) is 18.5. The van der Waals surface area contributed by atoms with Gasteiger partial charge in [-0.05, 0) is 23.3 Å². The van der Waals surface area contributed by atoms with E-state index in [-0.39, 0.29) is 0 Å². The summed E-state index contributed by atoms with van der Waals surface area (Å²) in [4.78, 5) is 0. The third-order valence-electron chi connectivity index (χ3n) is 4.86. The Balaban J connectivity index is 1.53. The highest BCUT2D eigenvalue weighted by Crippen LogP contribution is 2.20. The van der Waals surface area contributed by atoms with Crippen LogP contribution >= 0.6 is 0 Å². The van der Waals surface area contributed by atoms with Crippen molar-refractivity contribution in [2.75, 3.05) is 13.2 Å². The van der Waals surface area contributed by atoms with Gasteiger partial charge in [0.15, 0.2) is 0 Å². The minimum absolute atomic E-state index is 0.513. The molecule has 0 fully saturated rings. The van der Waals surface area contributed by atoms with Crippen molar-refractivity contribution >= 4 is 0 Å². The molecule has 3 aromatic carbocycles. The van der Waals surface area contributed by atoms with Gasteiger partial charge in [0.1, 0.15) is 24.7 Å². The number of fused-ring (bicyclic) bond motifs is 9. The van der Waals surface area contributed by atoms with E-state index in [4.69, 9.17) is 9.47 Å². The molecule has 2 bridgehead atoms. The predicted octanol–water partition coefficient (Wildman–Crippen LogP) is 4.04. The lowest BCUT2D eigenvalue weighted by Gasteiger charge is -2.15. The summed E-state index contributed by atoms with van der Waals surface area (Å²) < 4.78 is 12.0. The molecule has 2 aliphatic heterocycles. The second-order valence-electron chi connectivity index (χ2n) is 6.94. The van der Waals surface area contributed by atoms with Gasteiger partial charge in [0.2, 0.25) is 0 Å². The largest absolute Gasteiger partial charge is 0.490 e. The highest BCUT2D eigenvalue weighted by molar-refractivity contribution is 5.34. The topological polar surface area (TPSA) is 42.5 Å². The summed E-state index contributed by atoms with van der Waals surface area (Å²) in [6.07, 6.45) is 0. The van der Waals surface area contributed by atoms with E-state index < -0.39 is 0 Å². The van der Waals surface area contributed by atoms with Gasteiger partial charge in [-0.3, -0.25) is 0 Å². The molecule has 0 atom stereocenters. The smallest absolute Gasteiger partial charge is 0.123 e. The molecule has 4 heteroatoms. The number of rotatable bonds is 0. The van der Waals surface area contributed by atoms with Crippen LogP contribution in [0.2, 0.25) is 0 Å². The summed E-state index contributed by atoms with van der Waals surface area (Å²) in [7, 11) is 0. The van der Waals surface area contributed by atoms with Crippen LogP contribution in [0.15, 0.2) is 72.8 Å². The lowest BCUT2D eigenvalue weighted by atomic mass is 10.1. The Bertz CT molecular complexity index is 819. The van der Waals surface area contributed by atoms with Crippen LogP contribution in [0.5, 0.6) is 11.5 Å². The Morgan fingerprint density at radius 2 is 0.929 bits per heavy atom. The van der Waals surface area contributed by atoms with E-state index in [1.54, 1.807) is 0 Å². The molecule has 0 radical (unpaired) electrons. The second kappa shape index (κ2) is 9.40. The fraction of sp³-hybridized carbons (Fsp3) is 0.250. The first-order valence-electron chi connectivity index (χ1n) is 9.79. The van der Waals surface area contributed by atoms with Gasteiger partial charge in [0.25, 0.3) is 0 Å². The van der Waals surface area contributed by atoms with Gasteiger partial charge in [-0.25, -0.2) is 0 Å². The highest BCUT2D eigenvalue weighted by atomic mass is 16.5. The molecule has 0 saturated heterocycles. The normalized spacial score (nSPS) is 15.3. The van der Waals surface area contributed by atoms with Gasteiger partial charge in [-0.1, -0.05) is 60.7 Å². The molecule has 0 aliphatic carbocycles. The minimum Gasteiger partial charge on any atom is -0.490 e. The summed E-state index contributed by atoms with van der Waals surface area (Å²) in [5, 5.41) is 7.02. The van der Waals surface area contributed by atoms with Gasteiger partial charge >= 0.3 is 0 Å². The zero-order valence-electron chi connectivity index (χ0n) is 16.0. The van der Waals surface area contributed by atoms with Crippen LogP contribution in [0.3, 0.4) is 0 Å². The van der Waals surface area contributed by atoms with Crippen LogP contribution in [0.1, 0.15) is 22.3 Å². The third kappa shape index (κ3) is 4.91. The van der Waals surface area contributed by atoms with Crippen molar-refractivity contribution in [3.63, 3.8) is 0 Å². The molecule has 0 saturated carbocycles. The molecule has 4 nitrogen and oxygen atoms in total. The molecule has 28 heavy (non-hydrogen) atoms. The molecule has 144 valence electrons. The number of nitrogens with one attached hydrogen (secondary N) is 2. The van der Waals surface area contributed by atoms with Crippen LogP contribution in [0, 0.1) is 0 Å². The Labute approximate surface area is 166 Å². The fourth-order valence-electron chi connectivity index (χ4n) is 3.34. The van der Waals surface area contributed by atoms with Crippen molar-refractivity contribution in [2.45, 2.75) is 26.2 Å². The van der Waals surface area contributed by atoms with E-state index in [0.29, 0.717) is 13.2 Å². The summed E-state index contributed by atoms with van der Waals surface area (Å²) in [6, 6.07) is 25.1. The van der Waals surface area contributed by atoms with E-state index in [1.807, 2.05) is 36.4 Å². The van der Waals surface area contributed by atoms with Crippen LogP contribution in [0.4, 0.5) is 0 Å².